The van der Waals surface area contributed by atoms with Crippen LogP contribution in [0.25, 0.3) is 0 Å². The van der Waals surface area contributed by atoms with E-state index in [1.165, 1.54) is 14.0 Å². The molecule has 0 unspecified atom stereocenters. The fourth-order valence-corrected chi connectivity index (χ4v) is 0.655. The van der Waals surface area contributed by atoms with Gasteiger partial charge in [-0.3, -0.25) is 14.4 Å². The predicted molar refractivity (Wildman–Crippen MR) is 44.9 cm³/mol. The second-order valence-electron chi connectivity index (χ2n) is 2.52. The number of Topliss-reactive ketones (excluding diaryl/α,β-unsaturated/α-hetero) is 1. The van der Waals surface area contributed by atoms with Crippen molar-refractivity contribution in [2.75, 3.05) is 13.7 Å². The van der Waals surface area contributed by atoms with Crippen molar-refractivity contribution in [2.24, 2.45) is 0 Å². The van der Waals surface area contributed by atoms with E-state index in [4.69, 9.17) is 0 Å². The molecule has 1 N–H and O–H groups in total. The lowest BCUT2D eigenvalue weighted by atomic mass is 10.2. The number of amides is 1. The highest BCUT2D eigenvalue weighted by atomic mass is 16.5. The number of nitrogens with one attached hydrogen (secondary N) is 1. The molecule has 0 fully saturated rings. The molecule has 0 aliphatic heterocycles. The zero-order valence-corrected chi connectivity index (χ0v) is 7.75. The van der Waals surface area contributed by atoms with Gasteiger partial charge < -0.3 is 10.1 Å². The first-order valence-electron chi connectivity index (χ1n) is 3.89. The van der Waals surface area contributed by atoms with E-state index in [0.717, 1.165) is 0 Å². The number of ketones is 1. The number of hydrogen-bond donors (Lipinski definition) is 1. The summed E-state index contributed by atoms with van der Waals surface area (Å²) in [5, 5.41) is 2.35. The van der Waals surface area contributed by atoms with Crippen LogP contribution in [0.1, 0.15) is 19.8 Å². The van der Waals surface area contributed by atoms with Gasteiger partial charge in [0.15, 0.2) is 5.78 Å². The fraction of sp³-hybridized carbons (Fsp3) is 0.625. The smallest absolute Gasteiger partial charge is 0.305 e. The van der Waals surface area contributed by atoms with Crippen molar-refractivity contribution in [1.29, 1.82) is 0 Å². The van der Waals surface area contributed by atoms with Crippen molar-refractivity contribution in [1.82, 2.24) is 5.32 Å². The highest BCUT2D eigenvalue weighted by molar-refractivity contribution is 5.87. The maximum Gasteiger partial charge on any atom is 0.305 e. The van der Waals surface area contributed by atoms with Crippen LogP contribution in [0.4, 0.5) is 0 Å². The minimum Gasteiger partial charge on any atom is -0.469 e. The molecule has 0 aliphatic rings. The molecule has 0 spiro atoms. The zero-order valence-electron chi connectivity index (χ0n) is 7.75. The van der Waals surface area contributed by atoms with Crippen LogP contribution in [0.15, 0.2) is 0 Å². The second-order valence-corrected chi connectivity index (χ2v) is 2.52. The van der Waals surface area contributed by atoms with Crippen LogP contribution in [-0.2, 0) is 19.1 Å². The zero-order chi connectivity index (χ0) is 10.3. The van der Waals surface area contributed by atoms with E-state index in [1.807, 2.05) is 0 Å². The summed E-state index contributed by atoms with van der Waals surface area (Å²) in [6, 6.07) is 0. The van der Waals surface area contributed by atoms with E-state index < -0.39 is 5.97 Å². The summed E-state index contributed by atoms with van der Waals surface area (Å²) in [7, 11) is 1.26. The molecule has 0 aromatic rings. The Morgan fingerprint density at radius 3 is 2.31 bits per heavy atom. The Labute approximate surface area is 76.4 Å². The Morgan fingerprint density at radius 2 is 1.85 bits per heavy atom. The molecule has 0 saturated carbocycles. The van der Waals surface area contributed by atoms with Gasteiger partial charge in [0.25, 0.3) is 0 Å². The van der Waals surface area contributed by atoms with Crippen molar-refractivity contribution in [2.45, 2.75) is 19.8 Å². The monoisotopic (exact) mass is 187 g/mol. The summed E-state index contributed by atoms with van der Waals surface area (Å²) in [5.74, 6) is -0.858. The van der Waals surface area contributed by atoms with Gasteiger partial charge in [-0.15, -0.1) is 0 Å². The third-order valence-corrected chi connectivity index (χ3v) is 1.37. The van der Waals surface area contributed by atoms with E-state index >= 15 is 0 Å². The molecule has 0 saturated heterocycles. The molecule has 0 rings (SSSR count). The van der Waals surface area contributed by atoms with Crippen molar-refractivity contribution in [3.8, 4) is 0 Å². The van der Waals surface area contributed by atoms with E-state index in [9.17, 15) is 14.4 Å². The Kier molecular flexibility index (Phi) is 5.50. The lowest BCUT2D eigenvalue weighted by Gasteiger charge is -2.00. The van der Waals surface area contributed by atoms with Gasteiger partial charge in [-0.2, -0.15) is 0 Å². The van der Waals surface area contributed by atoms with Gasteiger partial charge in [-0.1, -0.05) is 0 Å². The first kappa shape index (κ1) is 11.6. The number of hydrogen-bond acceptors (Lipinski definition) is 4. The lowest BCUT2D eigenvalue weighted by molar-refractivity contribution is -0.141. The van der Waals surface area contributed by atoms with Crippen LogP contribution < -0.4 is 5.32 Å². The van der Waals surface area contributed by atoms with Gasteiger partial charge in [-0.05, 0) is 0 Å². The van der Waals surface area contributed by atoms with Crippen molar-refractivity contribution >= 4 is 17.7 Å². The van der Waals surface area contributed by atoms with Crippen LogP contribution in [0.3, 0.4) is 0 Å². The van der Waals surface area contributed by atoms with Gasteiger partial charge in [0.2, 0.25) is 5.91 Å². The molecule has 5 heteroatoms. The standard InChI is InChI=1S/C8H13NO4/c1-6(10)9-5-7(11)3-4-8(12)13-2/h3-5H2,1-2H3,(H,9,10). The van der Waals surface area contributed by atoms with Crippen molar-refractivity contribution < 1.29 is 19.1 Å². The number of methoxy groups -OCH3 is 1. The third kappa shape index (κ3) is 6.99. The van der Waals surface area contributed by atoms with Gasteiger partial charge in [0.05, 0.1) is 20.1 Å². The number of ether oxygens (including phenoxy) is 1. The number of rotatable bonds is 5. The van der Waals surface area contributed by atoms with Gasteiger partial charge in [-0.25, -0.2) is 0 Å². The molecule has 0 bridgehead atoms. The minimum absolute atomic E-state index is 0.0215. The van der Waals surface area contributed by atoms with E-state index in [2.05, 4.69) is 10.1 Å². The fourth-order valence-electron chi connectivity index (χ4n) is 0.655. The van der Waals surface area contributed by atoms with Crippen LogP contribution in [0.2, 0.25) is 0 Å². The summed E-state index contributed by atoms with van der Waals surface area (Å²) in [6.45, 7) is 1.31. The van der Waals surface area contributed by atoms with E-state index in [-0.39, 0.29) is 31.1 Å². The van der Waals surface area contributed by atoms with Gasteiger partial charge in [0, 0.05) is 13.3 Å². The molecule has 0 aromatic heterocycles. The predicted octanol–water partition coefficient (Wildman–Crippen LogP) is -0.355. The lowest BCUT2D eigenvalue weighted by Crippen LogP contribution is -2.27. The molecule has 0 radical (unpaired) electrons. The molecular formula is C8H13NO4. The molecule has 1 amide bonds. The molecule has 0 heterocycles. The molecule has 5 nitrogen and oxygen atoms in total. The van der Waals surface area contributed by atoms with Crippen LogP contribution in [0.5, 0.6) is 0 Å². The molecule has 74 valence electrons. The summed E-state index contributed by atoms with van der Waals surface area (Å²) in [6.07, 6.45) is 0.169. The molecular weight excluding hydrogens is 174 g/mol. The Morgan fingerprint density at radius 1 is 1.23 bits per heavy atom. The minimum atomic E-state index is -0.420. The summed E-state index contributed by atoms with van der Waals surface area (Å²) < 4.78 is 4.35. The van der Waals surface area contributed by atoms with Gasteiger partial charge >= 0.3 is 5.97 Å². The topological polar surface area (TPSA) is 72.5 Å². The quantitative estimate of drug-likeness (QED) is 0.597. The number of carbonyl (C=O) groups is 3. The van der Waals surface area contributed by atoms with Crippen molar-refractivity contribution in [3.63, 3.8) is 0 Å². The Bertz CT molecular complexity index is 212. The molecule has 0 aromatic carbocycles. The molecule has 13 heavy (non-hydrogen) atoms. The average Bonchev–Trinajstić information content (AvgIpc) is 2.10. The summed E-state index contributed by atoms with van der Waals surface area (Å²) in [5.41, 5.74) is 0. The maximum absolute atomic E-state index is 10.9. The third-order valence-electron chi connectivity index (χ3n) is 1.37. The Hall–Kier alpha value is -1.39. The summed E-state index contributed by atoms with van der Waals surface area (Å²) >= 11 is 0. The first-order valence-corrected chi connectivity index (χ1v) is 3.89. The van der Waals surface area contributed by atoms with Crippen LogP contribution in [0, 0.1) is 0 Å². The SMILES string of the molecule is COC(=O)CCC(=O)CNC(C)=O. The first-order chi connectivity index (χ1) is 6.06. The normalized spacial score (nSPS) is 9.08. The second kappa shape index (κ2) is 6.16. The van der Waals surface area contributed by atoms with E-state index in [0.29, 0.717) is 0 Å². The summed E-state index contributed by atoms with van der Waals surface area (Å²) in [4.78, 5) is 31.9. The highest BCUT2D eigenvalue weighted by Gasteiger charge is 2.06. The van der Waals surface area contributed by atoms with Crippen LogP contribution >= 0.6 is 0 Å². The largest absolute Gasteiger partial charge is 0.469 e. The number of esters is 1. The Balaban J connectivity index is 3.52. The van der Waals surface area contributed by atoms with E-state index in [1.54, 1.807) is 0 Å². The maximum atomic E-state index is 10.9. The molecule has 0 atom stereocenters. The number of carbonyl (C=O) groups excluding carboxylic acids is 3. The average molecular weight is 187 g/mol. The highest BCUT2D eigenvalue weighted by Crippen LogP contribution is 1.92. The van der Waals surface area contributed by atoms with Gasteiger partial charge in [0.1, 0.15) is 0 Å². The van der Waals surface area contributed by atoms with Crippen LogP contribution in [-0.4, -0.2) is 31.3 Å². The van der Waals surface area contributed by atoms with Crippen molar-refractivity contribution in [3.05, 3.63) is 0 Å². The molecule has 0 aliphatic carbocycles.